The molecule has 3 N–H and O–H groups in total. The lowest BCUT2D eigenvalue weighted by molar-refractivity contribution is -0.137. The minimum atomic E-state index is -4.43. The van der Waals surface area contributed by atoms with Crippen LogP contribution < -0.4 is 16.5 Å². The van der Waals surface area contributed by atoms with E-state index < -0.39 is 30.1 Å². The molecule has 4 rings (SSSR count). The van der Waals surface area contributed by atoms with Crippen LogP contribution >= 0.6 is 0 Å². The fourth-order valence-corrected chi connectivity index (χ4v) is 4.26. The first-order chi connectivity index (χ1) is 16.6. The Morgan fingerprint density at radius 2 is 1.53 bits per heavy atom. The fraction of sp³-hybridized carbons (Fsp3) is 0.370. The van der Waals surface area contributed by atoms with Gasteiger partial charge in [-0.25, -0.2) is 0 Å². The maximum atomic E-state index is 13.1. The molecule has 0 aromatic heterocycles. The van der Waals surface area contributed by atoms with E-state index in [-0.39, 0.29) is 11.9 Å². The summed E-state index contributed by atoms with van der Waals surface area (Å²) in [5.41, 5.74) is 7.17. The van der Waals surface area contributed by atoms with Gasteiger partial charge >= 0.3 is 13.3 Å². The number of alkyl halides is 3. The Balaban J connectivity index is 1.92. The van der Waals surface area contributed by atoms with E-state index in [1.807, 2.05) is 41.5 Å². The molecule has 0 atom stereocenters. The average molecular weight is 498 g/mol. The monoisotopic (exact) mass is 498 g/mol. The number of rotatable bonds is 4. The van der Waals surface area contributed by atoms with Gasteiger partial charge in [0.2, 0.25) is 0 Å². The summed E-state index contributed by atoms with van der Waals surface area (Å²) in [6.07, 6.45) is -4.43. The molecule has 1 saturated heterocycles. The van der Waals surface area contributed by atoms with Crippen LogP contribution in [-0.4, -0.2) is 30.3 Å². The molecule has 3 aromatic carbocycles. The van der Waals surface area contributed by atoms with Crippen molar-refractivity contribution in [1.82, 2.24) is 5.32 Å². The number of hydrogen-bond acceptors (Lipinski definition) is 4. The molecular weight excluding hydrogens is 468 g/mol. The maximum absolute atomic E-state index is 13.1. The van der Waals surface area contributed by atoms with Gasteiger partial charge in [0.05, 0.1) is 16.8 Å². The molecule has 0 spiro atoms. The molecule has 1 aliphatic rings. The second-order valence-corrected chi connectivity index (χ2v) is 10.5. The molecule has 0 saturated carbocycles. The van der Waals surface area contributed by atoms with E-state index in [1.165, 1.54) is 12.1 Å². The second-order valence-electron chi connectivity index (χ2n) is 10.5. The SMILES string of the molecule is CC(C)NC(=O)c1ccc2c(-c3ccc(C(F)(F)F)cc3)cc(N)c(B3OC(C)(C)C(C)(C)O3)c2c1. The lowest BCUT2D eigenvalue weighted by atomic mass is 9.73. The lowest BCUT2D eigenvalue weighted by Crippen LogP contribution is -2.41. The van der Waals surface area contributed by atoms with Gasteiger partial charge in [-0.3, -0.25) is 4.79 Å². The smallest absolute Gasteiger partial charge is 0.399 e. The highest BCUT2D eigenvalue weighted by molar-refractivity contribution is 6.67. The van der Waals surface area contributed by atoms with Crippen molar-refractivity contribution in [2.24, 2.45) is 0 Å². The quantitative estimate of drug-likeness (QED) is 0.366. The normalized spacial score (nSPS) is 17.1. The van der Waals surface area contributed by atoms with E-state index in [9.17, 15) is 18.0 Å². The number of carbonyl (C=O) groups is 1. The average Bonchev–Trinajstić information content (AvgIpc) is 2.98. The number of anilines is 1. The van der Waals surface area contributed by atoms with Crippen molar-refractivity contribution in [3.63, 3.8) is 0 Å². The molecule has 9 heteroatoms. The lowest BCUT2D eigenvalue weighted by Gasteiger charge is -2.32. The first kappa shape index (κ1) is 26.0. The molecule has 1 heterocycles. The van der Waals surface area contributed by atoms with Gasteiger partial charge in [0.25, 0.3) is 5.91 Å². The molecule has 0 bridgehead atoms. The summed E-state index contributed by atoms with van der Waals surface area (Å²) >= 11 is 0. The van der Waals surface area contributed by atoms with Crippen molar-refractivity contribution in [3.05, 3.63) is 59.7 Å². The number of nitrogens with one attached hydrogen (secondary N) is 1. The molecular formula is C27H30BF3N2O3. The molecule has 36 heavy (non-hydrogen) atoms. The van der Waals surface area contributed by atoms with E-state index >= 15 is 0 Å². The molecule has 1 amide bonds. The van der Waals surface area contributed by atoms with Crippen LogP contribution in [0.3, 0.4) is 0 Å². The third-order valence-electron chi connectivity index (χ3n) is 6.90. The number of fused-ring (bicyclic) bond motifs is 1. The highest BCUT2D eigenvalue weighted by Gasteiger charge is 2.52. The van der Waals surface area contributed by atoms with E-state index in [1.54, 1.807) is 24.3 Å². The topological polar surface area (TPSA) is 73.6 Å². The highest BCUT2D eigenvalue weighted by Crippen LogP contribution is 2.39. The number of nitrogen functional groups attached to an aromatic ring is 1. The highest BCUT2D eigenvalue weighted by atomic mass is 19.4. The van der Waals surface area contributed by atoms with Crippen molar-refractivity contribution in [3.8, 4) is 11.1 Å². The van der Waals surface area contributed by atoms with Crippen LogP contribution in [0.2, 0.25) is 0 Å². The summed E-state index contributed by atoms with van der Waals surface area (Å²) in [4.78, 5) is 12.8. The molecule has 0 radical (unpaired) electrons. The Hall–Kier alpha value is -3.04. The van der Waals surface area contributed by atoms with Gasteiger partial charge in [0.15, 0.2) is 0 Å². The molecule has 0 aliphatic carbocycles. The zero-order chi connectivity index (χ0) is 26.6. The van der Waals surface area contributed by atoms with E-state index in [0.717, 1.165) is 17.5 Å². The summed E-state index contributed by atoms with van der Waals surface area (Å²) in [7, 11) is -0.789. The van der Waals surface area contributed by atoms with Gasteiger partial charge in [-0.2, -0.15) is 13.2 Å². The zero-order valence-corrected chi connectivity index (χ0v) is 21.2. The summed E-state index contributed by atoms with van der Waals surface area (Å²) in [6.45, 7) is 11.5. The molecule has 1 aliphatic heterocycles. The van der Waals surface area contributed by atoms with E-state index in [0.29, 0.717) is 33.2 Å². The molecule has 3 aromatic rings. The number of nitrogens with two attached hydrogens (primary N) is 1. The zero-order valence-electron chi connectivity index (χ0n) is 21.2. The van der Waals surface area contributed by atoms with Crippen LogP contribution in [0.1, 0.15) is 57.5 Å². The predicted molar refractivity (Wildman–Crippen MR) is 137 cm³/mol. The molecule has 5 nitrogen and oxygen atoms in total. The summed E-state index contributed by atoms with van der Waals surface area (Å²) in [5.74, 6) is -0.245. The van der Waals surface area contributed by atoms with Gasteiger partial charge in [-0.1, -0.05) is 18.2 Å². The first-order valence-corrected chi connectivity index (χ1v) is 11.8. The summed E-state index contributed by atoms with van der Waals surface area (Å²) in [6, 6.07) is 11.8. The van der Waals surface area contributed by atoms with Crippen LogP contribution in [0.25, 0.3) is 21.9 Å². The van der Waals surface area contributed by atoms with E-state index in [2.05, 4.69) is 5.32 Å². The van der Waals surface area contributed by atoms with Crippen LogP contribution in [0, 0.1) is 0 Å². The summed E-state index contributed by atoms with van der Waals surface area (Å²) < 4.78 is 51.9. The van der Waals surface area contributed by atoms with Crippen molar-refractivity contribution in [1.29, 1.82) is 0 Å². The van der Waals surface area contributed by atoms with Gasteiger partial charge in [0.1, 0.15) is 0 Å². The molecule has 1 fully saturated rings. The number of hydrogen-bond donors (Lipinski definition) is 2. The largest absolute Gasteiger partial charge is 0.497 e. The van der Waals surface area contributed by atoms with Crippen molar-refractivity contribution >= 4 is 34.9 Å². The van der Waals surface area contributed by atoms with Gasteiger partial charge in [-0.15, -0.1) is 0 Å². The van der Waals surface area contributed by atoms with Crippen LogP contribution in [0.5, 0.6) is 0 Å². The minimum absolute atomic E-state index is 0.0562. The number of halogens is 3. The Bertz CT molecular complexity index is 1300. The number of carbonyl (C=O) groups excluding carboxylic acids is 1. The maximum Gasteiger partial charge on any atom is 0.497 e. The second kappa shape index (κ2) is 8.82. The minimum Gasteiger partial charge on any atom is -0.399 e. The number of benzene rings is 3. The van der Waals surface area contributed by atoms with Gasteiger partial charge < -0.3 is 20.4 Å². The van der Waals surface area contributed by atoms with Crippen LogP contribution in [0.15, 0.2) is 48.5 Å². The standard InChI is InChI=1S/C27H30BF3N2O3/c1-15(2)33-24(34)17-9-12-19-20(16-7-10-18(11-8-16)27(29,30)31)14-22(32)23(21(19)13-17)28-35-25(3,4)26(5,6)36-28/h7-15H,32H2,1-6H3,(H,33,34). The van der Waals surface area contributed by atoms with Crippen molar-refractivity contribution < 1.29 is 27.3 Å². The van der Waals surface area contributed by atoms with Crippen molar-refractivity contribution in [2.75, 3.05) is 5.73 Å². The van der Waals surface area contributed by atoms with E-state index in [4.69, 9.17) is 15.0 Å². The van der Waals surface area contributed by atoms with Crippen LogP contribution in [-0.2, 0) is 15.5 Å². The number of amides is 1. The Morgan fingerprint density at radius 1 is 0.944 bits per heavy atom. The van der Waals surface area contributed by atoms with Gasteiger partial charge in [0, 0.05) is 22.8 Å². The predicted octanol–water partition coefficient (Wildman–Crippen LogP) is 5.55. The first-order valence-electron chi connectivity index (χ1n) is 11.8. The Labute approximate surface area is 209 Å². The van der Waals surface area contributed by atoms with Crippen LogP contribution in [0.4, 0.5) is 18.9 Å². The fourth-order valence-electron chi connectivity index (χ4n) is 4.26. The Morgan fingerprint density at radius 3 is 2.06 bits per heavy atom. The Kier molecular flexibility index (Phi) is 6.38. The summed E-state index contributed by atoms with van der Waals surface area (Å²) in [5, 5.41) is 4.24. The third-order valence-corrected chi connectivity index (χ3v) is 6.90. The van der Waals surface area contributed by atoms with Crippen molar-refractivity contribution in [2.45, 2.75) is 65.0 Å². The third kappa shape index (κ3) is 4.69. The van der Waals surface area contributed by atoms with Gasteiger partial charge in [-0.05, 0) is 93.8 Å². The molecule has 0 unspecified atom stereocenters. The molecule has 190 valence electrons.